The monoisotopic (exact) mass is 253 g/mol. The quantitative estimate of drug-likeness (QED) is 0.751. The number of carbonyl (C=O) groups excluding carboxylic acids is 3. The predicted molar refractivity (Wildman–Crippen MR) is 58.0 cm³/mol. The molecule has 1 aromatic carbocycles. The highest BCUT2D eigenvalue weighted by Crippen LogP contribution is 2.19. The molecule has 0 radical (unpaired) electrons. The molecule has 0 unspecified atom stereocenters. The lowest BCUT2D eigenvalue weighted by Gasteiger charge is -2.12. The zero-order valence-corrected chi connectivity index (χ0v) is 9.44. The van der Waals surface area contributed by atoms with Crippen molar-refractivity contribution in [3.05, 3.63) is 34.9 Å². The van der Waals surface area contributed by atoms with Crippen molar-refractivity contribution in [2.75, 3.05) is 0 Å². The highest BCUT2D eigenvalue weighted by Gasteiger charge is 2.33. The van der Waals surface area contributed by atoms with Crippen LogP contribution < -0.4 is 0 Å². The van der Waals surface area contributed by atoms with Crippen LogP contribution in [0.25, 0.3) is 0 Å². The maximum Gasteiger partial charge on any atom is 0.365 e. The number of carbonyl (C=O) groups is 3. The number of hydrogen-bond acceptors (Lipinski definition) is 4. The number of hydroxylamine groups is 2. The number of nitrogens with zero attached hydrogens (tertiary/aromatic N) is 1. The van der Waals surface area contributed by atoms with Crippen LogP contribution in [0, 0.1) is 0 Å². The van der Waals surface area contributed by atoms with Crippen LogP contribution in [-0.4, -0.2) is 22.8 Å². The van der Waals surface area contributed by atoms with Gasteiger partial charge in [-0.1, -0.05) is 23.7 Å². The molecule has 1 aliphatic rings. The SMILES string of the molecule is O=C(ON1C(=O)CCC1=O)c1ccccc1Cl. The third-order valence-electron chi connectivity index (χ3n) is 2.27. The molecule has 0 bridgehead atoms. The average molecular weight is 254 g/mol. The first-order chi connectivity index (χ1) is 8.09. The standard InChI is InChI=1S/C11H8ClNO4/c12-8-4-2-1-3-7(8)11(16)17-13-9(14)5-6-10(13)15/h1-4H,5-6H2. The van der Waals surface area contributed by atoms with E-state index >= 15 is 0 Å². The summed E-state index contributed by atoms with van der Waals surface area (Å²) in [7, 11) is 0. The third kappa shape index (κ3) is 2.29. The van der Waals surface area contributed by atoms with Gasteiger partial charge in [-0.25, -0.2) is 4.79 Å². The summed E-state index contributed by atoms with van der Waals surface area (Å²) in [6.45, 7) is 0. The van der Waals surface area contributed by atoms with Gasteiger partial charge in [0, 0.05) is 12.8 Å². The number of halogens is 1. The highest BCUT2D eigenvalue weighted by atomic mass is 35.5. The first-order valence-corrected chi connectivity index (χ1v) is 5.30. The fourth-order valence-electron chi connectivity index (χ4n) is 1.42. The van der Waals surface area contributed by atoms with E-state index in [1.165, 1.54) is 12.1 Å². The number of benzene rings is 1. The zero-order valence-electron chi connectivity index (χ0n) is 8.68. The molecule has 6 heteroatoms. The van der Waals surface area contributed by atoms with Crippen LogP contribution in [0.5, 0.6) is 0 Å². The van der Waals surface area contributed by atoms with Gasteiger partial charge in [-0.3, -0.25) is 9.59 Å². The topological polar surface area (TPSA) is 63.7 Å². The molecule has 2 rings (SSSR count). The van der Waals surface area contributed by atoms with Gasteiger partial charge < -0.3 is 4.84 Å². The highest BCUT2D eigenvalue weighted by molar-refractivity contribution is 6.33. The molecular formula is C11H8ClNO4. The van der Waals surface area contributed by atoms with E-state index < -0.39 is 17.8 Å². The van der Waals surface area contributed by atoms with Crippen molar-refractivity contribution >= 4 is 29.4 Å². The van der Waals surface area contributed by atoms with Crippen LogP contribution in [0.1, 0.15) is 23.2 Å². The van der Waals surface area contributed by atoms with Gasteiger partial charge in [0.1, 0.15) is 0 Å². The van der Waals surface area contributed by atoms with Crippen LogP contribution in [0.3, 0.4) is 0 Å². The second-order valence-electron chi connectivity index (χ2n) is 3.44. The van der Waals surface area contributed by atoms with Crippen molar-refractivity contribution in [3.8, 4) is 0 Å². The van der Waals surface area contributed by atoms with Crippen LogP contribution in [-0.2, 0) is 14.4 Å². The number of rotatable bonds is 2. The van der Waals surface area contributed by atoms with Crippen LogP contribution in [0.15, 0.2) is 24.3 Å². The minimum atomic E-state index is -0.820. The number of amides is 2. The lowest BCUT2D eigenvalue weighted by atomic mass is 10.2. The fraction of sp³-hybridized carbons (Fsp3) is 0.182. The minimum absolute atomic E-state index is 0.0641. The normalized spacial score (nSPS) is 15.2. The molecular weight excluding hydrogens is 246 g/mol. The molecule has 1 saturated heterocycles. The van der Waals surface area contributed by atoms with Gasteiger partial charge in [-0.05, 0) is 12.1 Å². The van der Waals surface area contributed by atoms with E-state index in [0.717, 1.165) is 0 Å². The Morgan fingerprint density at radius 3 is 2.35 bits per heavy atom. The van der Waals surface area contributed by atoms with Crippen LogP contribution in [0.4, 0.5) is 0 Å². The first kappa shape index (κ1) is 11.6. The van der Waals surface area contributed by atoms with Crippen molar-refractivity contribution in [3.63, 3.8) is 0 Å². The Labute approximate surface area is 102 Å². The van der Waals surface area contributed by atoms with Gasteiger partial charge in [0.15, 0.2) is 0 Å². The molecule has 5 nitrogen and oxygen atoms in total. The van der Waals surface area contributed by atoms with Gasteiger partial charge in [0.05, 0.1) is 10.6 Å². The van der Waals surface area contributed by atoms with Crippen molar-refractivity contribution in [2.24, 2.45) is 0 Å². The molecule has 1 aliphatic heterocycles. The smallest absolute Gasteiger partial charge is 0.325 e. The maximum atomic E-state index is 11.7. The molecule has 0 aromatic heterocycles. The average Bonchev–Trinajstić information content (AvgIpc) is 2.61. The Morgan fingerprint density at radius 1 is 1.18 bits per heavy atom. The summed E-state index contributed by atoms with van der Waals surface area (Å²) in [6.07, 6.45) is 0.128. The molecule has 1 heterocycles. The molecule has 17 heavy (non-hydrogen) atoms. The largest absolute Gasteiger partial charge is 0.365 e. The summed E-state index contributed by atoms with van der Waals surface area (Å²) < 4.78 is 0. The Hall–Kier alpha value is -1.88. The summed E-state index contributed by atoms with van der Waals surface area (Å²) in [5, 5.41) is 0.697. The second-order valence-corrected chi connectivity index (χ2v) is 3.85. The third-order valence-corrected chi connectivity index (χ3v) is 2.60. The van der Waals surface area contributed by atoms with Gasteiger partial charge in [0.2, 0.25) is 0 Å². The van der Waals surface area contributed by atoms with E-state index in [1.807, 2.05) is 0 Å². The predicted octanol–water partition coefficient (Wildman–Crippen LogP) is 1.56. The number of hydrogen-bond donors (Lipinski definition) is 0. The summed E-state index contributed by atoms with van der Waals surface area (Å²) in [5.41, 5.74) is 0.113. The lowest BCUT2D eigenvalue weighted by molar-refractivity contribution is -0.172. The van der Waals surface area contributed by atoms with Gasteiger partial charge in [0.25, 0.3) is 11.8 Å². The molecule has 0 N–H and O–H groups in total. The van der Waals surface area contributed by atoms with E-state index in [2.05, 4.69) is 0 Å². The first-order valence-electron chi connectivity index (χ1n) is 4.92. The fourth-order valence-corrected chi connectivity index (χ4v) is 1.63. The zero-order chi connectivity index (χ0) is 12.4. The Kier molecular flexibility index (Phi) is 3.10. The van der Waals surface area contributed by atoms with Gasteiger partial charge in [-0.2, -0.15) is 0 Å². The Balaban J connectivity index is 2.15. The minimum Gasteiger partial charge on any atom is -0.325 e. The Morgan fingerprint density at radius 2 is 1.76 bits per heavy atom. The summed E-state index contributed by atoms with van der Waals surface area (Å²) >= 11 is 5.79. The van der Waals surface area contributed by atoms with Crippen molar-refractivity contribution in [1.29, 1.82) is 0 Å². The molecule has 0 saturated carbocycles. The molecule has 88 valence electrons. The number of imide groups is 1. The molecule has 0 atom stereocenters. The van der Waals surface area contributed by atoms with E-state index in [4.69, 9.17) is 16.4 Å². The van der Waals surface area contributed by atoms with Gasteiger partial charge >= 0.3 is 5.97 Å². The summed E-state index contributed by atoms with van der Waals surface area (Å²) in [4.78, 5) is 38.8. The van der Waals surface area contributed by atoms with Crippen LogP contribution in [0.2, 0.25) is 5.02 Å². The second kappa shape index (κ2) is 4.55. The van der Waals surface area contributed by atoms with Gasteiger partial charge in [-0.15, -0.1) is 5.06 Å². The summed E-state index contributed by atoms with van der Waals surface area (Å²) in [6, 6.07) is 6.24. The van der Waals surface area contributed by atoms with E-state index in [1.54, 1.807) is 12.1 Å². The molecule has 1 aromatic rings. The lowest BCUT2D eigenvalue weighted by Crippen LogP contribution is -2.32. The van der Waals surface area contributed by atoms with E-state index in [9.17, 15) is 14.4 Å². The van der Waals surface area contributed by atoms with Crippen molar-refractivity contribution in [1.82, 2.24) is 5.06 Å². The maximum absolute atomic E-state index is 11.7. The van der Waals surface area contributed by atoms with Crippen molar-refractivity contribution < 1.29 is 19.2 Å². The molecule has 0 aliphatic carbocycles. The summed E-state index contributed by atoms with van der Waals surface area (Å²) in [5.74, 6) is -1.86. The van der Waals surface area contributed by atoms with E-state index in [-0.39, 0.29) is 23.4 Å². The van der Waals surface area contributed by atoms with E-state index in [0.29, 0.717) is 5.06 Å². The van der Waals surface area contributed by atoms with Crippen molar-refractivity contribution in [2.45, 2.75) is 12.8 Å². The molecule has 2 amide bonds. The molecule has 0 spiro atoms. The Bertz CT molecular complexity index is 484. The van der Waals surface area contributed by atoms with Crippen LogP contribution >= 0.6 is 11.6 Å². The molecule has 1 fully saturated rings.